The molecular weight excluding hydrogens is 408 g/mol. The molecule has 0 bridgehead atoms. The molecule has 32 heavy (non-hydrogen) atoms. The number of rotatable bonds is 6. The highest BCUT2D eigenvalue weighted by molar-refractivity contribution is 5.94. The molecule has 0 aromatic carbocycles. The maximum Gasteiger partial charge on any atom is 0.247 e. The largest absolute Gasteiger partial charge is 0.495 e. The molecule has 0 saturated heterocycles. The van der Waals surface area contributed by atoms with Crippen molar-refractivity contribution in [3.8, 4) is 5.69 Å². The number of carbonyl (C=O) groups is 1. The van der Waals surface area contributed by atoms with E-state index in [2.05, 4.69) is 37.6 Å². The number of fused-ring (bicyclic) bond motifs is 3. The number of ether oxygens (including phenoxy) is 1. The van der Waals surface area contributed by atoms with Crippen LogP contribution in [0.3, 0.4) is 0 Å². The highest BCUT2D eigenvalue weighted by Crippen LogP contribution is 2.43. The lowest BCUT2D eigenvalue weighted by Crippen LogP contribution is -2.46. The summed E-state index contributed by atoms with van der Waals surface area (Å²) in [4.78, 5) is 23.9. The SMILES string of the molecule is CC[C@@H]1c2nncn2-c2cnc(NC3=C(OC)C=C(C(=O)NC)CC3)nc2N1C1CCC1. The summed E-state index contributed by atoms with van der Waals surface area (Å²) in [7, 11) is 3.23. The molecule has 5 rings (SSSR count). The van der Waals surface area contributed by atoms with E-state index in [1.165, 1.54) is 6.42 Å². The molecule has 10 heteroatoms. The number of hydrogen-bond acceptors (Lipinski definition) is 8. The average molecular weight is 437 g/mol. The Kier molecular flexibility index (Phi) is 5.28. The number of allylic oxidation sites excluding steroid dienone is 2. The summed E-state index contributed by atoms with van der Waals surface area (Å²) in [6, 6.07) is 0.591. The van der Waals surface area contributed by atoms with E-state index in [9.17, 15) is 4.79 Å². The Morgan fingerprint density at radius 2 is 2.16 bits per heavy atom. The van der Waals surface area contributed by atoms with Gasteiger partial charge in [0, 0.05) is 18.7 Å². The second kappa shape index (κ2) is 8.25. The molecule has 1 amide bonds. The summed E-state index contributed by atoms with van der Waals surface area (Å²) in [6.45, 7) is 2.18. The van der Waals surface area contributed by atoms with Crippen molar-refractivity contribution in [2.45, 2.75) is 57.5 Å². The molecule has 1 aliphatic heterocycles. The molecule has 2 aromatic heterocycles. The Balaban J connectivity index is 1.51. The van der Waals surface area contributed by atoms with Crippen molar-refractivity contribution in [2.24, 2.45) is 0 Å². The third-order valence-corrected chi connectivity index (χ3v) is 6.57. The quantitative estimate of drug-likeness (QED) is 0.711. The van der Waals surface area contributed by atoms with Crippen LogP contribution in [-0.2, 0) is 9.53 Å². The molecular formula is C22H28N8O2. The Labute approximate surface area is 186 Å². The predicted octanol–water partition coefficient (Wildman–Crippen LogP) is 2.62. The predicted molar refractivity (Wildman–Crippen MR) is 119 cm³/mol. The van der Waals surface area contributed by atoms with E-state index < -0.39 is 0 Å². The zero-order valence-electron chi connectivity index (χ0n) is 18.6. The van der Waals surface area contributed by atoms with Crippen LogP contribution in [0.15, 0.2) is 35.6 Å². The van der Waals surface area contributed by atoms with Crippen LogP contribution in [0.1, 0.15) is 57.3 Å². The summed E-state index contributed by atoms with van der Waals surface area (Å²) < 4.78 is 7.55. The number of carbonyl (C=O) groups excluding carboxylic acids is 1. The number of hydrogen-bond donors (Lipinski definition) is 2. The van der Waals surface area contributed by atoms with Gasteiger partial charge in [0.15, 0.2) is 11.6 Å². The first kappa shape index (κ1) is 20.5. The smallest absolute Gasteiger partial charge is 0.247 e. The fraction of sp³-hybridized carbons (Fsp3) is 0.500. The molecule has 1 atom stereocenters. The van der Waals surface area contributed by atoms with Crippen LogP contribution in [-0.4, -0.2) is 50.8 Å². The molecule has 168 valence electrons. The van der Waals surface area contributed by atoms with Crippen LogP contribution in [0, 0.1) is 0 Å². The maximum absolute atomic E-state index is 12.0. The summed E-state index contributed by atoms with van der Waals surface area (Å²) >= 11 is 0. The van der Waals surface area contributed by atoms with Crippen molar-refractivity contribution in [1.29, 1.82) is 0 Å². The van der Waals surface area contributed by atoms with Gasteiger partial charge in [-0.15, -0.1) is 10.2 Å². The molecule has 2 N–H and O–H groups in total. The monoisotopic (exact) mass is 436 g/mol. The molecule has 1 saturated carbocycles. The second-order valence-corrected chi connectivity index (χ2v) is 8.30. The number of methoxy groups -OCH3 is 1. The van der Waals surface area contributed by atoms with E-state index in [4.69, 9.17) is 9.72 Å². The molecule has 0 radical (unpaired) electrons. The fourth-order valence-electron chi connectivity index (χ4n) is 4.67. The minimum atomic E-state index is -0.0878. The van der Waals surface area contributed by atoms with Crippen LogP contribution >= 0.6 is 0 Å². The van der Waals surface area contributed by atoms with Crippen LogP contribution in [0.2, 0.25) is 0 Å². The van der Waals surface area contributed by atoms with Crippen molar-refractivity contribution in [3.05, 3.63) is 41.5 Å². The van der Waals surface area contributed by atoms with Gasteiger partial charge in [-0.1, -0.05) is 6.92 Å². The summed E-state index contributed by atoms with van der Waals surface area (Å²) in [5.74, 6) is 2.90. The Bertz CT molecular complexity index is 1100. The lowest BCUT2D eigenvalue weighted by molar-refractivity contribution is -0.117. The van der Waals surface area contributed by atoms with Crippen molar-refractivity contribution in [2.75, 3.05) is 24.4 Å². The molecule has 1 fully saturated rings. The third kappa shape index (κ3) is 3.30. The van der Waals surface area contributed by atoms with Crippen LogP contribution in [0.25, 0.3) is 5.69 Å². The third-order valence-electron chi connectivity index (χ3n) is 6.57. The van der Waals surface area contributed by atoms with Gasteiger partial charge in [-0.05, 0) is 44.6 Å². The van der Waals surface area contributed by atoms with E-state index in [0.717, 1.165) is 42.3 Å². The summed E-state index contributed by atoms with van der Waals surface area (Å²) in [6.07, 6.45) is 11.1. The standard InChI is InChI=1S/C22H28N8O2/c1-4-16-20-28-25-12-29(20)17-11-24-22(27-19(17)30(16)14-6-5-7-14)26-15-9-8-13(21(31)23-2)10-18(15)32-3/h10-12,14,16H,4-9H2,1-3H3,(H,23,31)(H,24,26,27)/t16-/m1/s1. The van der Waals surface area contributed by atoms with Crippen molar-refractivity contribution in [1.82, 2.24) is 30.0 Å². The van der Waals surface area contributed by atoms with Crippen LogP contribution in [0.4, 0.5) is 11.8 Å². The van der Waals surface area contributed by atoms with Gasteiger partial charge in [0.1, 0.15) is 17.8 Å². The number of nitrogens with one attached hydrogen (secondary N) is 2. The van der Waals surface area contributed by atoms with Crippen molar-refractivity contribution in [3.63, 3.8) is 0 Å². The van der Waals surface area contributed by atoms with Gasteiger partial charge in [0.25, 0.3) is 0 Å². The van der Waals surface area contributed by atoms with E-state index in [0.29, 0.717) is 36.2 Å². The van der Waals surface area contributed by atoms with Gasteiger partial charge >= 0.3 is 0 Å². The van der Waals surface area contributed by atoms with E-state index >= 15 is 0 Å². The zero-order valence-corrected chi connectivity index (χ0v) is 18.6. The Morgan fingerprint density at radius 1 is 1.31 bits per heavy atom. The first-order chi connectivity index (χ1) is 15.6. The molecule has 10 nitrogen and oxygen atoms in total. The van der Waals surface area contributed by atoms with Gasteiger partial charge in [0.2, 0.25) is 11.9 Å². The Hall–Kier alpha value is -3.43. The van der Waals surface area contributed by atoms with Gasteiger partial charge in [0.05, 0.1) is 25.0 Å². The van der Waals surface area contributed by atoms with Crippen LogP contribution < -0.4 is 15.5 Å². The lowest BCUT2D eigenvalue weighted by atomic mass is 9.89. The Morgan fingerprint density at radius 3 is 2.84 bits per heavy atom. The number of likely N-dealkylation sites (N-methyl/N-ethyl adjacent to an activating group) is 1. The van der Waals surface area contributed by atoms with Crippen molar-refractivity contribution >= 4 is 17.7 Å². The van der Waals surface area contributed by atoms with Gasteiger partial charge in [-0.25, -0.2) is 4.98 Å². The topological polar surface area (TPSA) is 110 Å². The zero-order chi connectivity index (χ0) is 22.2. The number of aromatic nitrogens is 5. The van der Waals surface area contributed by atoms with Crippen molar-refractivity contribution < 1.29 is 9.53 Å². The summed E-state index contributed by atoms with van der Waals surface area (Å²) in [5, 5.41) is 14.6. The molecule has 2 aliphatic carbocycles. The first-order valence-corrected chi connectivity index (χ1v) is 11.2. The molecule has 2 aromatic rings. The van der Waals surface area contributed by atoms with E-state index in [1.54, 1.807) is 26.6 Å². The lowest BCUT2D eigenvalue weighted by Gasteiger charge is -2.45. The number of nitrogens with zero attached hydrogens (tertiary/aromatic N) is 6. The van der Waals surface area contributed by atoms with Gasteiger partial charge < -0.3 is 20.3 Å². The highest BCUT2D eigenvalue weighted by atomic mass is 16.5. The van der Waals surface area contributed by atoms with E-state index in [1.807, 2.05) is 10.8 Å². The number of anilines is 2. The molecule has 0 unspecified atom stereocenters. The van der Waals surface area contributed by atoms with E-state index in [-0.39, 0.29) is 11.9 Å². The molecule has 3 heterocycles. The minimum Gasteiger partial charge on any atom is -0.495 e. The molecule has 0 spiro atoms. The molecule has 3 aliphatic rings. The van der Waals surface area contributed by atoms with Crippen LogP contribution in [0.5, 0.6) is 0 Å². The minimum absolute atomic E-state index is 0.0878. The van der Waals surface area contributed by atoms with Gasteiger partial charge in [-0.2, -0.15) is 4.98 Å². The number of amides is 1. The first-order valence-electron chi connectivity index (χ1n) is 11.2. The normalized spacial score (nSPS) is 20.2. The highest BCUT2D eigenvalue weighted by Gasteiger charge is 2.39. The second-order valence-electron chi connectivity index (χ2n) is 8.30. The average Bonchev–Trinajstić information content (AvgIpc) is 3.27. The fourth-order valence-corrected chi connectivity index (χ4v) is 4.67. The summed E-state index contributed by atoms with van der Waals surface area (Å²) in [5.41, 5.74) is 2.46. The maximum atomic E-state index is 12.0. The van der Waals surface area contributed by atoms with Gasteiger partial charge in [-0.3, -0.25) is 9.36 Å².